The third-order valence-corrected chi connectivity index (χ3v) is 8.92. The highest BCUT2D eigenvalue weighted by Crippen LogP contribution is 2.13. The Bertz CT molecular complexity index is 1030. The van der Waals surface area contributed by atoms with Gasteiger partial charge in [0.15, 0.2) is 28.2 Å². The van der Waals surface area contributed by atoms with Gasteiger partial charge in [-0.1, -0.05) is 46.7 Å². The fraction of sp³-hybridized carbons (Fsp3) is 0.625. The first-order valence-electron chi connectivity index (χ1n) is 11.8. The van der Waals surface area contributed by atoms with Crippen LogP contribution in [0, 0.1) is 0 Å². The van der Waals surface area contributed by atoms with Crippen LogP contribution in [-0.4, -0.2) is 80.9 Å². The molecule has 0 fully saturated rings. The molecule has 2 aromatic rings. The third-order valence-electron chi connectivity index (χ3n) is 4.88. The van der Waals surface area contributed by atoms with Crippen LogP contribution >= 0.6 is 15.9 Å². The number of hydrogen-bond acceptors (Lipinski definition) is 9. The number of methoxy groups -OCH3 is 2. The van der Waals surface area contributed by atoms with Gasteiger partial charge in [-0.25, -0.2) is 19.6 Å². The van der Waals surface area contributed by atoms with Gasteiger partial charge in [0.1, 0.15) is 13.5 Å². The van der Waals surface area contributed by atoms with Crippen molar-refractivity contribution in [1.29, 1.82) is 0 Å². The SMILES string of the molecule is C.COC(=O)c1cn(COCC[Si](C)(C)C)c(Br)n1.COC(=O)c1cn(COCC[Si](C)(C)C)c(C=O)n1. The Morgan fingerprint density at radius 1 is 0.842 bits per heavy atom. The Kier molecular flexibility index (Phi) is 15.8. The van der Waals surface area contributed by atoms with E-state index in [4.69, 9.17) is 9.47 Å². The second kappa shape index (κ2) is 16.7. The Morgan fingerprint density at radius 3 is 1.68 bits per heavy atom. The summed E-state index contributed by atoms with van der Waals surface area (Å²) in [6, 6.07) is 2.16. The number of aldehydes is 1. The largest absolute Gasteiger partial charge is 0.464 e. The maximum Gasteiger partial charge on any atom is 0.358 e. The molecule has 11 nitrogen and oxygen atoms in total. The van der Waals surface area contributed by atoms with E-state index in [0.29, 0.717) is 24.4 Å². The highest BCUT2D eigenvalue weighted by molar-refractivity contribution is 9.10. The third kappa shape index (κ3) is 13.6. The minimum Gasteiger partial charge on any atom is -0.464 e. The average Bonchev–Trinajstić information content (AvgIpc) is 3.41. The van der Waals surface area contributed by atoms with Gasteiger partial charge in [-0.2, -0.15) is 0 Å². The molecule has 38 heavy (non-hydrogen) atoms. The fourth-order valence-electron chi connectivity index (χ4n) is 2.60. The van der Waals surface area contributed by atoms with Crippen LogP contribution in [0.5, 0.6) is 0 Å². The summed E-state index contributed by atoms with van der Waals surface area (Å²) in [4.78, 5) is 41.4. The normalized spacial score (nSPS) is 11.2. The lowest BCUT2D eigenvalue weighted by Crippen LogP contribution is -2.22. The van der Waals surface area contributed by atoms with E-state index in [-0.39, 0.29) is 31.4 Å². The molecule has 0 bridgehead atoms. The van der Waals surface area contributed by atoms with Gasteiger partial charge in [0, 0.05) is 41.8 Å². The second-order valence-corrected chi connectivity index (χ2v) is 22.6. The van der Waals surface area contributed by atoms with Crippen molar-refractivity contribution in [1.82, 2.24) is 19.1 Å². The van der Waals surface area contributed by atoms with Crippen molar-refractivity contribution >= 4 is 50.3 Å². The summed E-state index contributed by atoms with van der Waals surface area (Å²) in [6.07, 6.45) is 3.67. The van der Waals surface area contributed by atoms with E-state index in [1.165, 1.54) is 25.0 Å². The van der Waals surface area contributed by atoms with Gasteiger partial charge in [-0.3, -0.25) is 4.79 Å². The predicted octanol–water partition coefficient (Wildman–Crippen LogP) is 5.18. The number of carbonyl (C=O) groups is 3. The molecular weight excluding hydrogens is 592 g/mol. The van der Waals surface area contributed by atoms with Crippen molar-refractivity contribution in [3.8, 4) is 0 Å². The van der Waals surface area contributed by atoms with Crippen LogP contribution in [0.4, 0.5) is 0 Å². The number of rotatable bonds is 13. The van der Waals surface area contributed by atoms with Gasteiger partial charge in [0.25, 0.3) is 0 Å². The quantitative estimate of drug-likeness (QED) is 0.127. The van der Waals surface area contributed by atoms with Crippen LogP contribution in [-0.2, 0) is 32.4 Å². The van der Waals surface area contributed by atoms with Gasteiger partial charge >= 0.3 is 11.9 Å². The highest BCUT2D eigenvalue weighted by atomic mass is 79.9. The molecule has 0 saturated heterocycles. The van der Waals surface area contributed by atoms with Crippen molar-refractivity contribution in [2.45, 2.75) is 72.3 Å². The number of imidazole rings is 2. The smallest absolute Gasteiger partial charge is 0.358 e. The Hall–Kier alpha value is -2.14. The van der Waals surface area contributed by atoms with E-state index in [0.717, 1.165) is 18.7 Å². The molecule has 0 amide bonds. The van der Waals surface area contributed by atoms with E-state index in [1.807, 2.05) is 0 Å². The summed E-state index contributed by atoms with van der Waals surface area (Å²) in [5, 5.41) is 0. The molecule has 0 spiro atoms. The summed E-state index contributed by atoms with van der Waals surface area (Å²) < 4.78 is 24.0. The molecule has 2 heterocycles. The zero-order chi connectivity index (χ0) is 28.2. The molecular formula is C24H43BrN4O7Si2. The van der Waals surface area contributed by atoms with Crippen molar-refractivity contribution in [2.75, 3.05) is 27.4 Å². The molecule has 14 heteroatoms. The van der Waals surface area contributed by atoms with Gasteiger partial charge in [0.05, 0.1) is 14.2 Å². The summed E-state index contributed by atoms with van der Waals surface area (Å²) >= 11 is 3.28. The van der Waals surface area contributed by atoms with Crippen LogP contribution in [0.3, 0.4) is 0 Å². The Morgan fingerprint density at radius 2 is 1.26 bits per heavy atom. The summed E-state index contributed by atoms with van der Waals surface area (Å²) in [7, 11) is 0.411. The molecule has 0 saturated carbocycles. The Labute approximate surface area is 236 Å². The van der Waals surface area contributed by atoms with Crippen molar-refractivity contribution in [3.63, 3.8) is 0 Å². The molecule has 2 rings (SSSR count). The first-order chi connectivity index (χ1) is 17.2. The number of ether oxygens (including phenoxy) is 4. The molecule has 2 aromatic heterocycles. The topological polar surface area (TPSA) is 124 Å². The lowest BCUT2D eigenvalue weighted by atomic mass is 10.5. The molecule has 0 atom stereocenters. The average molecular weight is 636 g/mol. The number of aromatic nitrogens is 4. The number of carbonyl (C=O) groups excluding carboxylic acids is 3. The molecule has 0 aliphatic carbocycles. The minimum absolute atomic E-state index is 0. The molecule has 0 aromatic carbocycles. The lowest BCUT2D eigenvalue weighted by Gasteiger charge is -2.15. The molecule has 0 aliphatic rings. The minimum atomic E-state index is -1.13. The van der Waals surface area contributed by atoms with Crippen LogP contribution in [0.1, 0.15) is 39.0 Å². The van der Waals surface area contributed by atoms with Crippen LogP contribution in [0.15, 0.2) is 17.1 Å². The second-order valence-electron chi connectivity index (χ2n) is 10.6. The van der Waals surface area contributed by atoms with Crippen molar-refractivity contribution in [2.24, 2.45) is 0 Å². The molecule has 0 radical (unpaired) electrons. The zero-order valence-electron chi connectivity index (χ0n) is 23.0. The number of hydrogen-bond donors (Lipinski definition) is 0. The summed E-state index contributed by atoms with van der Waals surface area (Å²) in [6.45, 7) is 15.7. The van der Waals surface area contributed by atoms with E-state index >= 15 is 0 Å². The maximum atomic E-state index is 11.3. The molecule has 0 unspecified atom stereocenters. The van der Waals surface area contributed by atoms with Crippen LogP contribution < -0.4 is 0 Å². The fourth-order valence-corrected chi connectivity index (χ4v) is 4.51. The maximum absolute atomic E-state index is 11.3. The van der Waals surface area contributed by atoms with E-state index in [2.05, 4.69) is 74.7 Å². The molecule has 0 N–H and O–H groups in total. The predicted molar refractivity (Wildman–Crippen MR) is 155 cm³/mol. The molecule has 216 valence electrons. The molecule has 0 aliphatic heterocycles. The lowest BCUT2D eigenvalue weighted by molar-refractivity contribution is 0.0584. The van der Waals surface area contributed by atoms with Crippen molar-refractivity contribution in [3.05, 3.63) is 34.3 Å². The summed E-state index contributed by atoms with van der Waals surface area (Å²) in [5.41, 5.74) is 0.386. The van der Waals surface area contributed by atoms with Crippen molar-refractivity contribution < 1.29 is 33.3 Å². The van der Waals surface area contributed by atoms with Gasteiger partial charge in [0.2, 0.25) is 0 Å². The standard InChI is InChI=1S/C12H20N2O4Si.C11H19BrN2O3Si.CH4/c1-17-12(16)10-7-14(11(8-15)13-10)9-18-5-6-19(2,3)4;1-16-10(15)9-7-14(11(12)13-9)8-17-5-6-18(2,3)4;/h7-8H,5-6,9H2,1-4H3;7H,5-6,8H2,1-4H3;1H4. The van der Waals surface area contributed by atoms with Gasteiger partial charge in [-0.15, -0.1) is 0 Å². The van der Waals surface area contributed by atoms with Gasteiger partial charge in [-0.05, 0) is 28.0 Å². The highest BCUT2D eigenvalue weighted by Gasteiger charge is 2.16. The van der Waals surface area contributed by atoms with E-state index in [9.17, 15) is 14.4 Å². The number of halogens is 1. The first kappa shape index (κ1) is 35.9. The van der Waals surface area contributed by atoms with E-state index in [1.54, 1.807) is 10.8 Å². The van der Waals surface area contributed by atoms with Crippen LogP contribution in [0.2, 0.25) is 51.4 Å². The number of esters is 2. The van der Waals surface area contributed by atoms with E-state index < -0.39 is 28.1 Å². The number of nitrogens with zero attached hydrogens (tertiary/aromatic N) is 4. The zero-order valence-corrected chi connectivity index (χ0v) is 26.6. The Balaban J connectivity index is 0.000000703. The summed E-state index contributed by atoms with van der Waals surface area (Å²) in [5.74, 6) is -0.853. The van der Waals surface area contributed by atoms with Crippen LogP contribution in [0.25, 0.3) is 0 Å². The first-order valence-corrected chi connectivity index (χ1v) is 20.0. The monoisotopic (exact) mass is 634 g/mol. The van der Waals surface area contributed by atoms with Gasteiger partial charge < -0.3 is 28.1 Å².